The van der Waals surface area contributed by atoms with Crippen molar-refractivity contribution in [3.8, 4) is 0 Å². The minimum atomic E-state index is -1.15. The number of aliphatic hydroxyl groups excluding tert-OH is 6. The average Bonchev–Trinajstić information content (AvgIpc) is 3.21. The van der Waals surface area contributed by atoms with E-state index in [1.807, 2.05) is 0 Å². The van der Waals surface area contributed by atoms with Crippen LogP contribution < -0.4 is 0 Å². The summed E-state index contributed by atoms with van der Waals surface area (Å²) in [4.78, 5) is 0. The molecule has 0 spiro atoms. The first-order valence-electron chi connectivity index (χ1n) is 16.6. The van der Waals surface area contributed by atoms with E-state index in [1.54, 1.807) is 0 Å². The maximum atomic E-state index is 11.7. The van der Waals surface area contributed by atoms with Gasteiger partial charge in [-0.2, -0.15) is 0 Å². The lowest BCUT2D eigenvalue weighted by atomic mass is 9.43. The number of fused-ring (bicyclic) bond motifs is 5. The summed E-state index contributed by atoms with van der Waals surface area (Å²) in [6, 6.07) is 0. The third kappa shape index (κ3) is 5.51. The minimum Gasteiger partial charge on any atom is -0.393 e. The Bertz CT molecular complexity index is 918. The van der Waals surface area contributed by atoms with Crippen LogP contribution in [0.2, 0.25) is 0 Å². The van der Waals surface area contributed by atoms with Crippen LogP contribution in [-0.2, 0) is 14.2 Å². The highest BCUT2D eigenvalue weighted by Crippen LogP contribution is 2.68. The number of rotatable bonds is 8. The van der Waals surface area contributed by atoms with E-state index < -0.39 is 49.0 Å². The van der Waals surface area contributed by atoms with E-state index in [4.69, 9.17) is 14.2 Å². The van der Waals surface area contributed by atoms with E-state index in [0.29, 0.717) is 30.6 Å². The van der Waals surface area contributed by atoms with Gasteiger partial charge in [0.05, 0.1) is 37.1 Å². The van der Waals surface area contributed by atoms with Crippen molar-refractivity contribution in [2.45, 2.75) is 141 Å². The topological polar surface area (TPSA) is 149 Å². The van der Waals surface area contributed by atoms with E-state index in [-0.39, 0.29) is 47.2 Å². The Morgan fingerprint density at radius 3 is 2.17 bits per heavy atom. The van der Waals surface area contributed by atoms with Gasteiger partial charge in [0, 0.05) is 13.0 Å². The molecule has 5 rings (SSSR count). The second-order valence-corrected chi connectivity index (χ2v) is 15.6. The van der Waals surface area contributed by atoms with Crippen LogP contribution >= 0.6 is 0 Å². The van der Waals surface area contributed by atoms with Crippen LogP contribution in [0, 0.1) is 52.3 Å². The van der Waals surface area contributed by atoms with Crippen molar-refractivity contribution in [2.75, 3.05) is 13.7 Å². The van der Waals surface area contributed by atoms with Crippen molar-refractivity contribution in [1.82, 2.24) is 0 Å². The summed E-state index contributed by atoms with van der Waals surface area (Å²) in [6.07, 6.45) is -0.450. The van der Waals surface area contributed by atoms with Crippen molar-refractivity contribution in [2.24, 2.45) is 52.3 Å². The Morgan fingerprint density at radius 1 is 0.833 bits per heavy atom. The van der Waals surface area contributed by atoms with Crippen LogP contribution in [0.1, 0.15) is 86.0 Å². The first-order valence-corrected chi connectivity index (χ1v) is 16.6. The molecule has 17 atom stereocenters. The highest BCUT2D eigenvalue weighted by atomic mass is 16.7. The monoisotopic (exact) mass is 598 g/mol. The zero-order chi connectivity index (χ0) is 30.7. The highest BCUT2D eigenvalue weighted by Gasteiger charge is 2.66. The fourth-order valence-electron chi connectivity index (χ4n) is 10.8. The quantitative estimate of drug-likeness (QED) is 0.232. The molecule has 1 aliphatic heterocycles. The Morgan fingerprint density at radius 2 is 1.50 bits per heavy atom. The van der Waals surface area contributed by atoms with Gasteiger partial charge in [-0.25, -0.2) is 0 Å². The molecule has 1 heterocycles. The number of hydrogen-bond acceptors (Lipinski definition) is 9. The third-order valence-electron chi connectivity index (χ3n) is 13.1. The van der Waals surface area contributed by atoms with Gasteiger partial charge in [-0.3, -0.25) is 0 Å². The van der Waals surface area contributed by atoms with Crippen molar-refractivity contribution in [3.63, 3.8) is 0 Å². The molecule has 42 heavy (non-hydrogen) atoms. The van der Waals surface area contributed by atoms with Crippen LogP contribution in [0.15, 0.2) is 0 Å². The van der Waals surface area contributed by atoms with Crippen LogP contribution in [0.5, 0.6) is 0 Å². The molecule has 9 nitrogen and oxygen atoms in total. The molecule has 9 heteroatoms. The highest BCUT2D eigenvalue weighted by molar-refractivity contribution is 5.15. The fraction of sp³-hybridized carbons (Fsp3) is 1.00. The summed E-state index contributed by atoms with van der Waals surface area (Å²) in [5.41, 5.74) is -0.305. The molecule has 0 aromatic heterocycles. The van der Waals surface area contributed by atoms with Crippen LogP contribution in [0.25, 0.3) is 0 Å². The van der Waals surface area contributed by atoms with E-state index >= 15 is 0 Å². The number of aliphatic hydroxyl groups is 6. The lowest BCUT2D eigenvalue weighted by molar-refractivity contribution is -0.310. The summed E-state index contributed by atoms with van der Waals surface area (Å²) in [5.74, 6) is 1.26. The van der Waals surface area contributed by atoms with E-state index in [1.165, 1.54) is 7.11 Å². The normalized spacial score (nSPS) is 52.4. The van der Waals surface area contributed by atoms with E-state index in [0.717, 1.165) is 38.5 Å². The molecule has 4 aliphatic carbocycles. The fourth-order valence-corrected chi connectivity index (χ4v) is 10.8. The molecular formula is C33H58O9. The van der Waals surface area contributed by atoms with Crippen LogP contribution in [0.3, 0.4) is 0 Å². The van der Waals surface area contributed by atoms with Crippen molar-refractivity contribution < 1.29 is 44.8 Å². The molecular weight excluding hydrogens is 540 g/mol. The lowest BCUT2D eigenvalue weighted by Gasteiger charge is -2.63. The summed E-state index contributed by atoms with van der Waals surface area (Å²) < 4.78 is 17.2. The SMILES string of the molecule is CO[C@H]1[C@H](O[C@H]2CC[C@@]3(C)[C@H]([C@H]2O)[C@H](O)C[C@H]2[C@@H]4[C@H](O)C[C@H]([C@H](C)CC[C@H](O)C(C)C)[C@@]4(C)CC[C@@H]23)OC[C@@H](O)[C@@H]1O. The second-order valence-electron chi connectivity index (χ2n) is 15.6. The molecule has 0 aromatic rings. The first kappa shape index (κ1) is 33.0. The predicted molar refractivity (Wildman–Crippen MR) is 156 cm³/mol. The molecule has 244 valence electrons. The first-order chi connectivity index (χ1) is 19.7. The predicted octanol–water partition coefficient (Wildman–Crippen LogP) is 2.47. The Balaban J connectivity index is 1.30. The Labute approximate surface area is 251 Å². The summed E-state index contributed by atoms with van der Waals surface area (Å²) in [6.45, 7) is 10.9. The van der Waals surface area contributed by atoms with Gasteiger partial charge in [-0.1, -0.05) is 34.6 Å². The Kier molecular flexibility index (Phi) is 9.78. The largest absolute Gasteiger partial charge is 0.393 e. The van der Waals surface area contributed by atoms with Gasteiger partial charge in [0.25, 0.3) is 0 Å². The summed E-state index contributed by atoms with van der Waals surface area (Å²) >= 11 is 0. The van der Waals surface area contributed by atoms with Crippen LogP contribution in [0.4, 0.5) is 0 Å². The maximum absolute atomic E-state index is 11.7. The number of hydrogen-bond donors (Lipinski definition) is 6. The molecule has 0 aromatic carbocycles. The molecule has 0 amide bonds. The minimum absolute atomic E-state index is 0.0104. The number of ether oxygens (including phenoxy) is 3. The molecule has 5 fully saturated rings. The molecule has 4 saturated carbocycles. The summed E-state index contributed by atoms with van der Waals surface area (Å²) in [5, 5.41) is 65.7. The van der Waals surface area contributed by atoms with Crippen molar-refractivity contribution >= 4 is 0 Å². The zero-order valence-electron chi connectivity index (χ0n) is 26.5. The van der Waals surface area contributed by atoms with Gasteiger partial charge < -0.3 is 44.8 Å². The molecule has 5 aliphatic rings. The van der Waals surface area contributed by atoms with Gasteiger partial charge in [-0.05, 0) is 97.7 Å². The van der Waals surface area contributed by atoms with Gasteiger partial charge in [0.2, 0.25) is 0 Å². The Hall–Kier alpha value is -0.360. The zero-order valence-corrected chi connectivity index (χ0v) is 26.5. The molecule has 6 N–H and O–H groups in total. The molecule has 0 radical (unpaired) electrons. The van der Waals surface area contributed by atoms with Crippen molar-refractivity contribution in [1.29, 1.82) is 0 Å². The van der Waals surface area contributed by atoms with Gasteiger partial charge in [-0.15, -0.1) is 0 Å². The second kappa shape index (κ2) is 12.4. The van der Waals surface area contributed by atoms with E-state index in [9.17, 15) is 30.6 Å². The van der Waals surface area contributed by atoms with Crippen molar-refractivity contribution in [3.05, 3.63) is 0 Å². The smallest absolute Gasteiger partial charge is 0.186 e. The molecule has 1 saturated heterocycles. The van der Waals surface area contributed by atoms with E-state index in [2.05, 4.69) is 34.6 Å². The average molecular weight is 599 g/mol. The third-order valence-corrected chi connectivity index (χ3v) is 13.1. The number of methoxy groups -OCH3 is 1. The van der Waals surface area contributed by atoms with Gasteiger partial charge in [0.1, 0.15) is 18.3 Å². The lowest BCUT2D eigenvalue weighted by Crippen LogP contribution is -2.64. The van der Waals surface area contributed by atoms with Crippen LogP contribution in [-0.4, -0.2) is 99.5 Å². The van der Waals surface area contributed by atoms with Gasteiger partial charge in [0.15, 0.2) is 6.29 Å². The maximum Gasteiger partial charge on any atom is 0.186 e. The molecule has 0 unspecified atom stereocenters. The standard InChI is InChI=1S/C33H58O9/c1-16(2)21(34)8-7-17(3)20-14-23(36)26-18-13-22(35)27-29(39)25(42-31-30(40-6)28(38)24(37)15-41-31)10-12-32(27,4)19(18)9-11-33(20,26)5/h16-31,34-39H,7-15H2,1-6H3/t17-,18-,19+,20-,21+,22-,23-,24-,25+,26-,27+,28+,29+,30-,31+,32-,33-/m1/s1. The van der Waals surface area contributed by atoms with Gasteiger partial charge >= 0.3 is 0 Å². The molecule has 0 bridgehead atoms. The summed E-state index contributed by atoms with van der Waals surface area (Å²) in [7, 11) is 1.43.